The molecule has 0 bridgehead atoms. The van der Waals surface area contributed by atoms with Crippen molar-refractivity contribution < 1.29 is 14.3 Å². The number of carbonyl (C=O) groups excluding carboxylic acids is 1. The summed E-state index contributed by atoms with van der Waals surface area (Å²) < 4.78 is 11.0. The third kappa shape index (κ3) is 6.35. The Kier molecular flexibility index (Phi) is 7.62. The highest BCUT2D eigenvalue weighted by Gasteiger charge is 2.24. The van der Waals surface area contributed by atoms with Crippen LogP contribution in [0.5, 0.6) is 11.6 Å². The number of thiophene rings is 1. The quantitative estimate of drug-likeness (QED) is 0.486. The van der Waals surface area contributed by atoms with Crippen molar-refractivity contribution in [3.8, 4) is 11.6 Å². The van der Waals surface area contributed by atoms with E-state index in [1.807, 2.05) is 17.0 Å². The van der Waals surface area contributed by atoms with Gasteiger partial charge in [0.25, 0.3) is 0 Å². The summed E-state index contributed by atoms with van der Waals surface area (Å²) >= 11 is 1.71. The molecule has 6 nitrogen and oxygen atoms in total. The molecule has 1 saturated heterocycles. The minimum absolute atomic E-state index is 0.103. The molecule has 33 heavy (non-hydrogen) atoms. The number of piperidine rings is 1. The first-order chi connectivity index (χ1) is 16.1. The maximum atomic E-state index is 12.7. The fraction of sp³-hybridized carbons (Fsp3) is 0.308. The van der Waals surface area contributed by atoms with E-state index >= 15 is 0 Å². The monoisotopic (exact) mass is 463 g/mol. The summed E-state index contributed by atoms with van der Waals surface area (Å²) in [6, 6.07) is 13.8. The van der Waals surface area contributed by atoms with E-state index in [1.165, 1.54) is 11.1 Å². The van der Waals surface area contributed by atoms with Crippen molar-refractivity contribution in [2.45, 2.75) is 19.8 Å². The molecule has 1 atom stereocenters. The lowest BCUT2D eigenvalue weighted by atomic mass is 9.91. The van der Waals surface area contributed by atoms with Crippen molar-refractivity contribution in [1.82, 2.24) is 9.88 Å². The normalized spacial score (nSPS) is 17.1. The number of hydrogen-bond acceptors (Lipinski definition) is 5. The molecule has 1 unspecified atom stereocenters. The van der Waals surface area contributed by atoms with E-state index in [0.717, 1.165) is 24.2 Å². The maximum absolute atomic E-state index is 12.7. The number of rotatable bonds is 7. The second kappa shape index (κ2) is 11.0. The molecule has 3 heterocycles. The van der Waals surface area contributed by atoms with Crippen LogP contribution in [-0.2, 0) is 6.42 Å². The van der Waals surface area contributed by atoms with Crippen LogP contribution in [0.15, 0.2) is 65.0 Å². The van der Waals surface area contributed by atoms with Crippen molar-refractivity contribution in [2.75, 3.05) is 32.1 Å². The fourth-order valence-corrected chi connectivity index (χ4v) is 4.56. The number of nitrogens with zero attached hydrogens (tertiary/aromatic N) is 2. The van der Waals surface area contributed by atoms with Crippen molar-refractivity contribution in [3.05, 3.63) is 76.1 Å². The number of benzene rings is 1. The lowest BCUT2D eigenvalue weighted by Gasteiger charge is -2.33. The molecule has 2 aromatic heterocycles. The van der Waals surface area contributed by atoms with E-state index in [0.29, 0.717) is 31.3 Å². The summed E-state index contributed by atoms with van der Waals surface area (Å²) in [7, 11) is 1.57. The fourth-order valence-electron chi connectivity index (χ4n) is 3.86. The third-order valence-corrected chi connectivity index (χ3v) is 6.46. The van der Waals surface area contributed by atoms with Gasteiger partial charge in [0.15, 0.2) is 0 Å². The predicted molar refractivity (Wildman–Crippen MR) is 133 cm³/mol. The Morgan fingerprint density at radius 3 is 2.94 bits per heavy atom. The number of carbonyl (C=O) groups is 1. The third-order valence-electron chi connectivity index (χ3n) is 5.73. The molecule has 1 N–H and O–H groups in total. The molecule has 172 valence electrons. The van der Waals surface area contributed by atoms with Gasteiger partial charge < -0.3 is 19.7 Å². The number of aromatic nitrogens is 1. The van der Waals surface area contributed by atoms with Gasteiger partial charge in [0.1, 0.15) is 5.75 Å². The van der Waals surface area contributed by atoms with Gasteiger partial charge >= 0.3 is 6.03 Å². The number of urea groups is 1. The summed E-state index contributed by atoms with van der Waals surface area (Å²) in [4.78, 5) is 18.7. The molecular weight excluding hydrogens is 434 g/mol. The van der Waals surface area contributed by atoms with Crippen LogP contribution in [0.25, 0.3) is 6.08 Å². The molecule has 1 fully saturated rings. The van der Waals surface area contributed by atoms with Crippen molar-refractivity contribution in [2.24, 2.45) is 5.92 Å². The minimum atomic E-state index is -0.103. The lowest BCUT2D eigenvalue weighted by Crippen LogP contribution is -2.42. The van der Waals surface area contributed by atoms with Gasteiger partial charge in [-0.3, -0.25) is 0 Å². The van der Waals surface area contributed by atoms with Crippen LogP contribution in [0.2, 0.25) is 0 Å². The Morgan fingerprint density at radius 2 is 2.21 bits per heavy atom. The van der Waals surface area contributed by atoms with Gasteiger partial charge in [-0.15, -0.1) is 0 Å². The molecule has 0 spiro atoms. The zero-order valence-electron chi connectivity index (χ0n) is 19.0. The van der Waals surface area contributed by atoms with Crippen LogP contribution >= 0.6 is 11.3 Å². The lowest BCUT2D eigenvalue weighted by molar-refractivity contribution is 0.198. The second-order valence-electron chi connectivity index (χ2n) is 8.14. The van der Waals surface area contributed by atoms with Gasteiger partial charge in [-0.2, -0.15) is 11.3 Å². The first-order valence-corrected chi connectivity index (χ1v) is 12.1. The number of ether oxygens (including phenoxy) is 2. The SMILES string of the molecule is COc1ccc(NC(=O)N2CCC(=Cc3cccc(OCCc4ccsc4)c3)C(C)C2)cn1. The Bertz CT molecular complexity index is 1080. The van der Waals surface area contributed by atoms with E-state index < -0.39 is 0 Å². The van der Waals surface area contributed by atoms with Gasteiger partial charge in [-0.1, -0.05) is 30.7 Å². The molecule has 1 aliphatic heterocycles. The number of methoxy groups -OCH3 is 1. The van der Waals surface area contributed by atoms with Crippen LogP contribution < -0.4 is 14.8 Å². The summed E-state index contributed by atoms with van der Waals surface area (Å²) in [6.45, 7) is 4.20. The van der Waals surface area contributed by atoms with Crippen LogP contribution in [-0.4, -0.2) is 42.7 Å². The van der Waals surface area contributed by atoms with E-state index in [9.17, 15) is 4.79 Å². The Labute approximate surface area is 198 Å². The second-order valence-corrected chi connectivity index (χ2v) is 8.92. The average Bonchev–Trinajstić information content (AvgIpc) is 3.35. The molecule has 2 amide bonds. The van der Waals surface area contributed by atoms with Gasteiger partial charge in [0.05, 0.1) is 25.6 Å². The van der Waals surface area contributed by atoms with Crippen molar-refractivity contribution in [3.63, 3.8) is 0 Å². The summed E-state index contributed by atoms with van der Waals surface area (Å²) in [5.41, 5.74) is 4.45. The van der Waals surface area contributed by atoms with Crippen molar-refractivity contribution in [1.29, 1.82) is 0 Å². The van der Waals surface area contributed by atoms with E-state index in [1.54, 1.807) is 36.8 Å². The average molecular weight is 464 g/mol. The van der Waals surface area contributed by atoms with Crippen LogP contribution in [0.1, 0.15) is 24.5 Å². The molecule has 0 saturated carbocycles. The number of pyridine rings is 1. The number of likely N-dealkylation sites (tertiary alicyclic amines) is 1. The maximum Gasteiger partial charge on any atom is 0.321 e. The zero-order chi connectivity index (χ0) is 23.0. The van der Waals surface area contributed by atoms with Crippen LogP contribution in [0, 0.1) is 5.92 Å². The zero-order valence-corrected chi connectivity index (χ0v) is 19.8. The van der Waals surface area contributed by atoms with Crippen LogP contribution in [0.4, 0.5) is 10.5 Å². The first-order valence-electron chi connectivity index (χ1n) is 11.1. The van der Waals surface area contributed by atoms with Gasteiger partial charge in [-0.25, -0.2) is 9.78 Å². The molecular formula is C26H29N3O3S. The number of amides is 2. The topological polar surface area (TPSA) is 63.7 Å². The summed E-state index contributed by atoms with van der Waals surface area (Å²) in [6.07, 6.45) is 5.60. The molecule has 1 aliphatic rings. The largest absolute Gasteiger partial charge is 0.493 e. The minimum Gasteiger partial charge on any atom is -0.493 e. The molecule has 0 radical (unpaired) electrons. The van der Waals surface area contributed by atoms with Gasteiger partial charge in [-0.05, 0) is 58.5 Å². The summed E-state index contributed by atoms with van der Waals surface area (Å²) in [5.74, 6) is 1.69. The molecule has 7 heteroatoms. The first kappa shape index (κ1) is 22.9. The standard InChI is InChI=1S/C26H29N3O3S/c1-19-17-29(26(30)28-23-6-7-25(31-2)27-16-23)11-8-22(19)14-21-4-3-5-24(15-21)32-12-9-20-10-13-33-18-20/h3-7,10,13-16,18-19H,8-9,11-12,17H2,1-2H3,(H,28,30). The Hall–Kier alpha value is -3.32. The smallest absolute Gasteiger partial charge is 0.321 e. The van der Waals surface area contributed by atoms with Crippen LogP contribution in [0.3, 0.4) is 0 Å². The Balaban J connectivity index is 1.31. The molecule has 0 aliphatic carbocycles. The highest BCUT2D eigenvalue weighted by atomic mass is 32.1. The van der Waals surface area contributed by atoms with E-state index in [2.05, 4.69) is 52.3 Å². The molecule has 3 aromatic rings. The molecule has 1 aromatic carbocycles. The van der Waals surface area contributed by atoms with Gasteiger partial charge in [0, 0.05) is 25.6 Å². The van der Waals surface area contributed by atoms with E-state index in [-0.39, 0.29) is 11.9 Å². The predicted octanol–water partition coefficient (Wildman–Crippen LogP) is 5.73. The highest BCUT2D eigenvalue weighted by molar-refractivity contribution is 7.07. The summed E-state index contributed by atoms with van der Waals surface area (Å²) in [5, 5.41) is 7.17. The molecule has 4 rings (SSSR count). The number of anilines is 1. The number of nitrogens with one attached hydrogen (secondary N) is 1. The van der Waals surface area contributed by atoms with Crippen molar-refractivity contribution >= 4 is 29.1 Å². The Morgan fingerprint density at radius 1 is 1.30 bits per heavy atom. The van der Waals surface area contributed by atoms with Gasteiger partial charge in [0.2, 0.25) is 5.88 Å². The highest BCUT2D eigenvalue weighted by Crippen LogP contribution is 2.26. The van der Waals surface area contributed by atoms with E-state index in [4.69, 9.17) is 9.47 Å². The number of hydrogen-bond donors (Lipinski definition) is 1.